The molecule has 0 radical (unpaired) electrons. The third kappa shape index (κ3) is 4.21. The van der Waals surface area contributed by atoms with Crippen LogP contribution in [0.4, 0.5) is 5.69 Å². The van der Waals surface area contributed by atoms with Crippen molar-refractivity contribution in [1.82, 2.24) is 4.98 Å². The summed E-state index contributed by atoms with van der Waals surface area (Å²) < 4.78 is 0. The molecule has 0 spiro atoms. The Morgan fingerprint density at radius 3 is 2.72 bits per heavy atom. The smallest absolute Gasteiger partial charge is 0.237 e. The molecule has 5 heteroatoms. The van der Waals surface area contributed by atoms with Crippen molar-refractivity contribution in [3.05, 3.63) is 52.7 Å². The zero-order chi connectivity index (χ0) is 17.8. The van der Waals surface area contributed by atoms with Crippen LogP contribution in [0.3, 0.4) is 0 Å². The zero-order valence-corrected chi connectivity index (χ0v) is 15.3. The average Bonchev–Trinajstić information content (AvgIpc) is 2.63. The standard InChI is InChI=1S/C20H21N3OS/c1-13-7-9-17(10-8-13)22-19(24)14(2)25-20-16(12-21)11-15-5-3-4-6-18(15)23-20/h7-11,14H,3-6H2,1-2H3,(H,22,24). The number of hydrogen-bond acceptors (Lipinski definition) is 4. The van der Waals surface area contributed by atoms with E-state index in [0.29, 0.717) is 10.6 Å². The number of pyridine rings is 1. The first-order chi connectivity index (χ1) is 12.1. The van der Waals surface area contributed by atoms with Crippen LogP contribution in [0.2, 0.25) is 0 Å². The topological polar surface area (TPSA) is 65.8 Å². The van der Waals surface area contributed by atoms with Crippen LogP contribution in [0.15, 0.2) is 35.4 Å². The van der Waals surface area contributed by atoms with E-state index in [1.54, 1.807) is 0 Å². The van der Waals surface area contributed by atoms with Crippen LogP contribution in [0.1, 0.15) is 42.1 Å². The molecule has 2 aromatic rings. The number of carbonyl (C=O) groups excluding carboxylic acids is 1. The van der Waals surface area contributed by atoms with Gasteiger partial charge in [0.2, 0.25) is 5.91 Å². The molecule has 1 unspecified atom stereocenters. The Hall–Kier alpha value is -2.32. The number of thioether (sulfide) groups is 1. The van der Waals surface area contributed by atoms with Crippen molar-refractivity contribution in [1.29, 1.82) is 5.26 Å². The van der Waals surface area contributed by atoms with Gasteiger partial charge in [0.05, 0.1) is 10.8 Å². The summed E-state index contributed by atoms with van der Waals surface area (Å²) in [6.45, 7) is 3.85. The predicted molar refractivity (Wildman–Crippen MR) is 101 cm³/mol. The molecule has 0 fully saturated rings. The third-order valence-corrected chi connectivity index (χ3v) is 5.47. The minimum atomic E-state index is -0.331. The molecule has 1 amide bonds. The van der Waals surface area contributed by atoms with Gasteiger partial charge in [-0.1, -0.05) is 29.5 Å². The molecule has 0 bridgehead atoms. The lowest BCUT2D eigenvalue weighted by molar-refractivity contribution is -0.115. The van der Waals surface area contributed by atoms with Gasteiger partial charge in [-0.05, 0) is 63.3 Å². The number of fused-ring (bicyclic) bond motifs is 1. The molecule has 0 saturated heterocycles. The molecule has 1 aromatic carbocycles. The van der Waals surface area contributed by atoms with Crippen molar-refractivity contribution in [2.24, 2.45) is 0 Å². The van der Waals surface area contributed by atoms with E-state index in [1.165, 1.54) is 17.3 Å². The minimum Gasteiger partial charge on any atom is -0.325 e. The Bertz CT molecular complexity index is 824. The van der Waals surface area contributed by atoms with Gasteiger partial charge in [0.25, 0.3) is 0 Å². The van der Waals surface area contributed by atoms with E-state index in [-0.39, 0.29) is 11.2 Å². The van der Waals surface area contributed by atoms with Crippen molar-refractivity contribution in [2.45, 2.75) is 49.8 Å². The second kappa shape index (κ2) is 7.71. The number of benzene rings is 1. The summed E-state index contributed by atoms with van der Waals surface area (Å²) in [5.74, 6) is -0.0859. The molecule has 1 aliphatic carbocycles. The molecule has 3 rings (SSSR count). The lowest BCUT2D eigenvalue weighted by Crippen LogP contribution is -2.22. The quantitative estimate of drug-likeness (QED) is 0.836. The highest BCUT2D eigenvalue weighted by molar-refractivity contribution is 8.00. The van der Waals surface area contributed by atoms with Crippen molar-refractivity contribution in [3.63, 3.8) is 0 Å². The molecule has 4 nitrogen and oxygen atoms in total. The largest absolute Gasteiger partial charge is 0.325 e. The molecule has 1 heterocycles. The van der Waals surface area contributed by atoms with Crippen LogP contribution in [0.5, 0.6) is 0 Å². The minimum absolute atomic E-state index is 0.0859. The molecule has 1 N–H and O–H groups in total. The number of anilines is 1. The van der Waals surface area contributed by atoms with E-state index in [4.69, 9.17) is 0 Å². The monoisotopic (exact) mass is 351 g/mol. The van der Waals surface area contributed by atoms with E-state index in [9.17, 15) is 10.1 Å². The second-order valence-corrected chi connectivity index (χ2v) is 7.71. The number of hydrogen-bond donors (Lipinski definition) is 1. The Morgan fingerprint density at radius 1 is 1.28 bits per heavy atom. The van der Waals surface area contributed by atoms with Crippen LogP contribution in [0, 0.1) is 18.3 Å². The van der Waals surface area contributed by atoms with Gasteiger partial charge in [-0.3, -0.25) is 4.79 Å². The first kappa shape index (κ1) is 17.5. The van der Waals surface area contributed by atoms with Gasteiger partial charge < -0.3 is 5.32 Å². The fourth-order valence-corrected chi connectivity index (χ4v) is 3.78. The average molecular weight is 351 g/mol. The maximum atomic E-state index is 12.4. The number of amides is 1. The SMILES string of the molecule is Cc1ccc(NC(=O)C(C)Sc2nc3c(cc2C#N)CCCC3)cc1. The molecule has 128 valence electrons. The highest BCUT2D eigenvalue weighted by Gasteiger charge is 2.20. The first-order valence-corrected chi connectivity index (χ1v) is 9.42. The summed E-state index contributed by atoms with van der Waals surface area (Å²) in [5, 5.41) is 12.7. The van der Waals surface area contributed by atoms with Crippen LogP contribution in [0.25, 0.3) is 0 Å². The maximum Gasteiger partial charge on any atom is 0.237 e. The lowest BCUT2D eigenvalue weighted by Gasteiger charge is -2.18. The highest BCUT2D eigenvalue weighted by Crippen LogP contribution is 2.30. The molecular weight excluding hydrogens is 330 g/mol. The molecule has 1 aliphatic rings. The van der Waals surface area contributed by atoms with E-state index < -0.39 is 0 Å². The second-order valence-electron chi connectivity index (χ2n) is 6.38. The zero-order valence-electron chi connectivity index (χ0n) is 14.5. The summed E-state index contributed by atoms with van der Waals surface area (Å²) in [6, 6.07) is 11.9. The summed E-state index contributed by atoms with van der Waals surface area (Å²) in [7, 11) is 0. The Labute approximate surface area is 152 Å². The summed E-state index contributed by atoms with van der Waals surface area (Å²) >= 11 is 1.35. The first-order valence-electron chi connectivity index (χ1n) is 8.54. The Morgan fingerprint density at radius 2 is 2.00 bits per heavy atom. The summed E-state index contributed by atoms with van der Waals surface area (Å²) in [5.41, 5.74) is 4.77. The normalized spacial score (nSPS) is 14.3. The van der Waals surface area contributed by atoms with Crippen LogP contribution < -0.4 is 5.32 Å². The van der Waals surface area contributed by atoms with Gasteiger partial charge in [0, 0.05) is 11.4 Å². The van der Waals surface area contributed by atoms with E-state index in [2.05, 4.69) is 16.4 Å². The van der Waals surface area contributed by atoms with Crippen molar-refractivity contribution in [2.75, 3.05) is 5.32 Å². The summed E-state index contributed by atoms with van der Waals surface area (Å²) in [6.07, 6.45) is 4.24. The molecule has 1 aromatic heterocycles. The van der Waals surface area contributed by atoms with Crippen LogP contribution in [-0.4, -0.2) is 16.1 Å². The fraction of sp³-hybridized carbons (Fsp3) is 0.350. The third-order valence-electron chi connectivity index (χ3n) is 4.36. The van der Waals surface area contributed by atoms with E-state index >= 15 is 0 Å². The molecule has 0 aliphatic heterocycles. The number of nitrogens with zero attached hydrogens (tertiary/aromatic N) is 2. The molecule has 0 saturated carbocycles. The predicted octanol–water partition coefficient (Wildman–Crippen LogP) is 4.26. The molecular formula is C20H21N3OS. The Balaban J connectivity index is 1.73. The van der Waals surface area contributed by atoms with E-state index in [1.807, 2.05) is 44.2 Å². The highest BCUT2D eigenvalue weighted by atomic mass is 32.2. The van der Waals surface area contributed by atoms with Crippen molar-refractivity contribution < 1.29 is 4.79 Å². The van der Waals surface area contributed by atoms with Crippen LogP contribution in [-0.2, 0) is 17.6 Å². The fourth-order valence-electron chi connectivity index (χ4n) is 2.89. The number of aryl methyl sites for hydroxylation is 3. The van der Waals surface area contributed by atoms with Crippen LogP contribution >= 0.6 is 11.8 Å². The molecule has 25 heavy (non-hydrogen) atoms. The number of aromatic nitrogens is 1. The number of nitrogens with one attached hydrogen (secondary N) is 1. The van der Waals surface area contributed by atoms with Gasteiger partial charge in [-0.25, -0.2) is 4.98 Å². The van der Waals surface area contributed by atoms with Crippen molar-refractivity contribution in [3.8, 4) is 6.07 Å². The van der Waals surface area contributed by atoms with Gasteiger partial charge in [-0.2, -0.15) is 5.26 Å². The van der Waals surface area contributed by atoms with Gasteiger partial charge in [-0.15, -0.1) is 0 Å². The number of rotatable bonds is 4. The number of nitriles is 1. The van der Waals surface area contributed by atoms with Gasteiger partial charge in [0.1, 0.15) is 11.1 Å². The maximum absolute atomic E-state index is 12.4. The van der Waals surface area contributed by atoms with Crippen molar-refractivity contribution >= 4 is 23.4 Å². The lowest BCUT2D eigenvalue weighted by atomic mass is 9.95. The Kier molecular flexibility index (Phi) is 5.40. The number of carbonyl (C=O) groups is 1. The van der Waals surface area contributed by atoms with Gasteiger partial charge >= 0.3 is 0 Å². The van der Waals surface area contributed by atoms with E-state index in [0.717, 1.165) is 42.6 Å². The summed E-state index contributed by atoms with van der Waals surface area (Å²) in [4.78, 5) is 17.1. The molecule has 1 atom stereocenters. The van der Waals surface area contributed by atoms with Gasteiger partial charge in [0.15, 0.2) is 0 Å².